The number of hydrogen-bond acceptors (Lipinski definition) is 4. The molecule has 2 amide bonds. The number of nitrogens with zero attached hydrogens (tertiary/aromatic N) is 1. The molecule has 0 saturated carbocycles. The Morgan fingerprint density at radius 3 is 2.33 bits per heavy atom. The second-order valence-corrected chi connectivity index (χ2v) is 7.89. The van der Waals surface area contributed by atoms with Gasteiger partial charge in [0, 0.05) is 13.0 Å². The topological polar surface area (TPSA) is 63.7 Å². The van der Waals surface area contributed by atoms with Gasteiger partial charge in [0.05, 0.1) is 18.4 Å². The number of carbonyl (C=O) groups excluding carboxylic acids is 3. The third kappa shape index (κ3) is 6.18. The van der Waals surface area contributed by atoms with Crippen molar-refractivity contribution in [2.24, 2.45) is 17.8 Å². The Labute approximate surface area is 163 Å². The number of ether oxygens (including phenoxy) is 1. The second-order valence-electron chi connectivity index (χ2n) is 7.89. The molecule has 0 aromatic rings. The lowest BCUT2D eigenvalue weighted by atomic mass is 9.85. The molecule has 0 spiro atoms. The van der Waals surface area contributed by atoms with Gasteiger partial charge in [0.1, 0.15) is 0 Å². The van der Waals surface area contributed by atoms with E-state index in [1.54, 1.807) is 0 Å². The van der Waals surface area contributed by atoms with Crippen LogP contribution in [0.4, 0.5) is 0 Å². The Hall–Kier alpha value is -1.65. The van der Waals surface area contributed by atoms with Crippen molar-refractivity contribution < 1.29 is 19.1 Å². The normalized spacial score (nSPS) is 22.8. The fourth-order valence-corrected chi connectivity index (χ4v) is 3.99. The number of hydrogen-bond donors (Lipinski definition) is 0. The number of imide groups is 1. The average molecular weight is 378 g/mol. The van der Waals surface area contributed by atoms with Gasteiger partial charge in [0.2, 0.25) is 11.8 Å². The van der Waals surface area contributed by atoms with E-state index in [9.17, 15) is 14.4 Å². The molecule has 152 valence electrons. The van der Waals surface area contributed by atoms with Crippen LogP contribution < -0.4 is 0 Å². The summed E-state index contributed by atoms with van der Waals surface area (Å²) >= 11 is 0. The number of carbonyl (C=O) groups is 3. The van der Waals surface area contributed by atoms with Crippen LogP contribution in [0.2, 0.25) is 0 Å². The molecular formula is C22H35NO4. The molecule has 1 heterocycles. The Morgan fingerprint density at radius 2 is 1.74 bits per heavy atom. The number of allylic oxidation sites excluding steroid dienone is 2. The van der Waals surface area contributed by atoms with Gasteiger partial charge in [0.15, 0.2) is 0 Å². The summed E-state index contributed by atoms with van der Waals surface area (Å²) in [5.74, 6) is 0.0424. The van der Waals surface area contributed by atoms with Gasteiger partial charge in [-0.25, -0.2) is 0 Å². The largest absolute Gasteiger partial charge is 0.465 e. The summed E-state index contributed by atoms with van der Waals surface area (Å²) in [6.07, 6.45) is 12.7. The van der Waals surface area contributed by atoms with E-state index >= 15 is 0 Å². The van der Waals surface area contributed by atoms with E-state index in [0.29, 0.717) is 38.3 Å². The molecule has 1 aliphatic carbocycles. The Bertz CT molecular complexity index is 516. The molecule has 0 N–H and O–H groups in total. The summed E-state index contributed by atoms with van der Waals surface area (Å²) < 4.78 is 5.41. The highest BCUT2D eigenvalue weighted by Gasteiger charge is 2.46. The first-order valence-corrected chi connectivity index (χ1v) is 10.7. The SMILES string of the molecule is CCCCC(CC)COC(=O)CCCCCN1C(=O)C2CC=CCC2C1=O. The van der Waals surface area contributed by atoms with E-state index in [4.69, 9.17) is 4.74 Å². The van der Waals surface area contributed by atoms with Gasteiger partial charge in [0.25, 0.3) is 0 Å². The zero-order chi connectivity index (χ0) is 19.6. The van der Waals surface area contributed by atoms with Crippen molar-refractivity contribution in [1.82, 2.24) is 4.90 Å². The molecule has 27 heavy (non-hydrogen) atoms. The highest BCUT2D eigenvalue weighted by atomic mass is 16.5. The van der Waals surface area contributed by atoms with Gasteiger partial charge < -0.3 is 4.74 Å². The van der Waals surface area contributed by atoms with Crippen molar-refractivity contribution in [3.63, 3.8) is 0 Å². The van der Waals surface area contributed by atoms with E-state index in [1.165, 1.54) is 17.7 Å². The number of rotatable bonds is 12. The molecule has 3 unspecified atom stereocenters. The van der Waals surface area contributed by atoms with Crippen LogP contribution in [0.1, 0.15) is 78.1 Å². The Balaban J connectivity index is 1.58. The minimum absolute atomic E-state index is 0.00792. The number of unbranched alkanes of at least 4 members (excludes halogenated alkanes) is 3. The lowest BCUT2D eigenvalue weighted by Gasteiger charge is -2.15. The van der Waals surface area contributed by atoms with E-state index in [-0.39, 0.29) is 29.6 Å². The molecule has 1 saturated heterocycles. The molecule has 0 radical (unpaired) electrons. The van der Waals surface area contributed by atoms with Crippen molar-refractivity contribution in [3.8, 4) is 0 Å². The third-order valence-corrected chi connectivity index (χ3v) is 5.88. The number of fused-ring (bicyclic) bond motifs is 1. The van der Waals surface area contributed by atoms with Crippen molar-refractivity contribution >= 4 is 17.8 Å². The first-order chi connectivity index (χ1) is 13.1. The number of amides is 2. The zero-order valence-corrected chi connectivity index (χ0v) is 17.0. The summed E-state index contributed by atoms with van der Waals surface area (Å²) in [5, 5.41) is 0. The molecule has 2 aliphatic rings. The van der Waals surface area contributed by atoms with E-state index in [0.717, 1.165) is 32.1 Å². The highest BCUT2D eigenvalue weighted by Crippen LogP contribution is 2.35. The maximum Gasteiger partial charge on any atom is 0.305 e. The number of likely N-dealkylation sites (tertiary alicyclic amines) is 1. The molecule has 5 nitrogen and oxygen atoms in total. The summed E-state index contributed by atoms with van der Waals surface area (Å²) in [7, 11) is 0. The first-order valence-electron chi connectivity index (χ1n) is 10.7. The van der Waals surface area contributed by atoms with E-state index in [1.807, 2.05) is 12.2 Å². The third-order valence-electron chi connectivity index (χ3n) is 5.88. The quantitative estimate of drug-likeness (QED) is 0.221. The van der Waals surface area contributed by atoms with Crippen LogP contribution in [-0.4, -0.2) is 35.8 Å². The molecule has 1 fully saturated rings. The molecule has 5 heteroatoms. The maximum absolute atomic E-state index is 12.4. The van der Waals surface area contributed by atoms with Crippen LogP contribution in [0.5, 0.6) is 0 Å². The van der Waals surface area contributed by atoms with E-state index < -0.39 is 0 Å². The summed E-state index contributed by atoms with van der Waals surface area (Å²) in [4.78, 5) is 38.1. The van der Waals surface area contributed by atoms with Crippen LogP contribution in [0.15, 0.2) is 12.2 Å². The molecular weight excluding hydrogens is 342 g/mol. The van der Waals surface area contributed by atoms with Gasteiger partial charge in [-0.15, -0.1) is 0 Å². The lowest BCUT2D eigenvalue weighted by Crippen LogP contribution is -2.32. The molecule has 2 rings (SSSR count). The van der Waals surface area contributed by atoms with Crippen molar-refractivity contribution in [2.45, 2.75) is 78.1 Å². The second kappa shape index (κ2) is 11.3. The van der Waals surface area contributed by atoms with Crippen molar-refractivity contribution in [1.29, 1.82) is 0 Å². The van der Waals surface area contributed by atoms with Crippen LogP contribution >= 0.6 is 0 Å². The molecule has 3 atom stereocenters. The molecule has 0 bridgehead atoms. The molecule has 0 aromatic carbocycles. The maximum atomic E-state index is 12.4. The fraction of sp³-hybridized carbons (Fsp3) is 0.773. The zero-order valence-electron chi connectivity index (χ0n) is 17.0. The smallest absolute Gasteiger partial charge is 0.305 e. The van der Waals surface area contributed by atoms with Crippen molar-refractivity contribution in [3.05, 3.63) is 12.2 Å². The lowest BCUT2D eigenvalue weighted by molar-refractivity contribution is -0.145. The average Bonchev–Trinajstić information content (AvgIpc) is 2.93. The van der Waals surface area contributed by atoms with Gasteiger partial charge in [-0.3, -0.25) is 19.3 Å². The molecule has 0 aromatic heterocycles. The number of esters is 1. The predicted molar refractivity (Wildman–Crippen MR) is 105 cm³/mol. The van der Waals surface area contributed by atoms with Gasteiger partial charge >= 0.3 is 5.97 Å². The van der Waals surface area contributed by atoms with Crippen LogP contribution in [0.3, 0.4) is 0 Å². The first kappa shape index (κ1) is 21.6. The predicted octanol–water partition coefficient (Wildman–Crippen LogP) is 4.26. The van der Waals surface area contributed by atoms with Gasteiger partial charge in [-0.1, -0.05) is 51.7 Å². The summed E-state index contributed by atoms with van der Waals surface area (Å²) in [6, 6.07) is 0. The van der Waals surface area contributed by atoms with Crippen LogP contribution in [-0.2, 0) is 19.1 Å². The highest BCUT2D eigenvalue weighted by molar-refractivity contribution is 6.05. The van der Waals surface area contributed by atoms with Crippen LogP contribution in [0.25, 0.3) is 0 Å². The van der Waals surface area contributed by atoms with Gasteiger partial charge in [-0.2, -0.15) is 0 Å². The van der Waals surface area contributed by atoms with Crippen molar-refractivity contribution in [2.75, 3.05) is 13.2 Å². The minimum atomic E-state index is -0.142. The summed E-state index contributed by atoms with van der Waals surface area (Å²) in [6.45, 7) is 5.33. The Morgan fingerprint density at radius 1 is 1.07 bits per heavy atom. The Kier molecular flexibility index (Phi) is 9.02. The molecule has 1 aliphatic heterocycles. The standard InChI is InChI=1S/C22H35NO4/c1-3-5-11-17(4-2)16-27-20(24)14-7-6-10-15-23-21(25)18-12-8-9-13-19(18)22(23)26/h8-9,17-19H,3-7,10-16H2,1-2H3. The summed E-state index contributed by atoms with van der Waals surface area (Å²) in [5.41, 5.74) is 0. The monoisotopic (exact) mass is 377 g/mol. The van der Waals surface area contributed by atoms with Gasteiger partial charge in [-0.05, 0) is 38.0 Å². The minimum Gasteiger partial charge on any atom is -0.465 e. The fourth-order valence-electron chi connectivity index (χ4n) is 3.99. The van der Waals surface area contributed by atoms with E-state index in [2.05, 4.69) is 13.8 Å². The van der Waals surface area contributed by atoms with Crippen LogP contribution in [0, 0.1) is 17.8 Å².